The number of ketones is 1. The lowest BCUT2D eigenvalue weighted by Gasteiger charge is -2.13. The molecular weight excluding hydrogens is 279 g/mol. The van der Waals surface area contributed by atoms with Gasteiger partial charge in [-0.2, -0.15) is 0 Å². The van der Waals surface area contributed by atoms with Crippen LogP contribution in [0, 0.1) is 11.7 Å². The summed E-state index contributed by atoms with van der Waals surface area (Å²) in [6.45, 7) is 4.06. The highest BCUT2D eigenvalue weighted by molar-refractivity contribution is 6.02. The summed E-state index contributed by atoms with van der Waals surface area (Å²) in [5.74, 6) is -0.0678. The summed E-state index contributed by atoms with van der Waals surface area (Å²) < 4.78 is 13.6. The first-order valence-electron chi connectivity index (χ1n) is 7.74. The van der Waals surface area contributed by atoms with Crippen molar-refractivity contribution in [3.8, 4) is 11.4 Å². The van der Waals surface area contributed by atoms with Gasteiger partial charge in [0.2, 0.25) is 0 Å². The number of hydrogen-bond donors (Lipinski definition) is 0. The van der Waals surface area contributed by atoms with Crippen molar-refractivity contribution in [2.45, 2.75) is 39.5 Å². The number of carbonyl (C=O) groups excluding carboxylic acids is 1. The van der Waals surface area contributed by atoms with Crippen LogP contribution in [0.5, 0.6) is 0 Å². The summed E-state index contributed by atoms with van der Waals surface area (Å²) >= 11 is 0. The van der Waals surface area contributed by atoms with E-state index in [1.165, 1.54) is 12.1 Å². The second-order valence-corrected chi connectivity index (χ2v) is 5.52. The topological polar surface area (TPSA) is 42.9 Å². The second-order valence-electron chi connectivity index (χ2n) is 5.52. The van der Waals surface area contributed by atoms with Gasteiger partial charge in [-0.1, -0.05) is 33.1 Å². The molecule has 4 heteroatoms. The largest absolute Gasteiger partial charge is 0.294 e. The van der Waals surface area contributed by atoms with Gasteiger partial charge in [-0.15, -0.1) is 0 Å². The number of benzene rings is 1. The molecule has 0 aliphatic heterocycles. The molecule has 2 rings (SSSR count). The van der Waals surface area contributed by atoms with E-state index in [0.29, 0.717) is 17.0 Å². The zero-order valence-corrected chi connectivity index (χ0v) is 13.1. The van der Waals surface area contributed by atoms with E-state index in [4.69, 9.17) is 0 Å². The Balaban J connectivity index is 2.29. The van der Waals surface area contributed by atoms with Crippen LogP contribution in [0.1, 0.15) is 49.9 Å². The summed E-state index contributed by atoms with van der Waals surface area (Å²) in [6.07, 6.45) is 7.30. The molecular formula is C18H21FN2O. The maximum Gasteiger partial charge on any atom is 0.166 e. The van der Waals surface area contributed by atoms with Gasteiger partial charge in [0.15, 0.2) is 11.6 Å². The molecule has 0 saturated carbocycles. The molecule has 1 aromatic carbocycles. The summed E-state index contributed by atoms with van der Waals surface area (Å²) in [6, 6.07) is 5.89. The van der Waals surface area contributed by atoms with Gasteiger partial charge in [0.25, 0.3) is 0 Å². The fraction of sp³-hybridized carbons (Fsp3) is 0.389. The Labute approximate surface area is 130 Å². The second kappa shape index (κ2) is 7.78. The first-order chi connectivity index (χ1) is 10.6. The average Bonchev–Trinajstić information content (AvgIpc) is 2.55. The molecule has 1 unspecified atom stereocenters. The highest BCUT2D eigenvalue weighted by atomic mass is 19.1. The van der Waals surface area contributed by atoms with Gasteiger partial charge < -0.3 is 0 Å². The summed E-state index contributed by atoms with van der Waals surface area (Å²) in [7, 11) is 0. The fourth-order valence-corrected chi connectivity index (χ4v) is 2.45. The Morgan fingerprint density at radius 3 is 2.64 bits per heavy atom. The highest BCUT2D eigenvalue weighted by Crippen LogP contribution is 2.25. The van der Waals surface area contributed by atoms with Crippen molar-refractivity contribution in [2.75, 3.05) is 0 Å². The van der Waals surface area contributed by atoms with Crippen LogP contribution in [0.25, 0.3) is 11.4 Å². The minimum absolute atomic E-state index is 0.0264. The van der Waals surface area contributed by atoms with Gasteiger partial charge in [0, 0.05) is 29.4 Å². The third kappa shape index (κ3) is 3.97. The molecule has 0 bridgehead atoms. The van der Waals surface area contributed by atoms with Gasteiger partial charge >= 0.3 is 0 Å². The van der Waals surface area contributed by atoms with Crippen LogP contribution >= 0.6 is 0 Å². The molecule has 116 valence electrons. The van der Waals surface area contributed by atoms with Crippen LogP contribution in [-0.2, 0) is 0 Å². The molecule has 1 aromatic heterocycles. The van der Waals surface area contributed by atoms with E-state index >= 15 is 0 Å². The van der Waals surface area contributed by atoms with Gasteiger partial charge in [0.1, 0.15) is 5.82 Å². The number of nitrogens with zero attached hydrogens (tertiary/aromatic N) is 2. The number of Topliss-reactive ketones (excluding diaryl/α,β-unsaturated/α-hetero) is 1. The predicted molar refractivity (Wildman–Crippen MR) is 85.1 cm³/mol. The zero-order valence-electron chi connectivity index (χ0n) is 13.1. The Hall–Kier alpha value is -2.10. The summed E-state index contributed by atoms with van der Waals surface area (Å²) in [5, 5.41) is 0. The van der Waals surface area contributed by atoms with Crippen LogP contribution in [0.3, 0.4) is 0 Å². The molecule has 22 heavy (non-hydrogen) atoms. The van der Waals surface area contributed by atoms with Gasteiger partial charge in [-0.3, -0.25) is 4.79 Å². The van der Waals surface area contributed by atoms with Crippen molar-refractivity contribution >= 4 is 5.78 Å². The number of hydrogen-bond acceptors (Lipinski definition) is 3. The van der Waals surface area contributed by atoms with Crippen LogP contribution in [0.15, 0.2) is 36.7 Å². The van der Waals surface area contributed by atoms with Crippen LogP contribution in [0.2, 0.25) is 0 Å². The molecule has 0 aliphatic rings. The smallest absolute Gasteiger partial charge is 0.166 e. The Morgan fingerprint density at radius 2 is 1.95 bits per heavy atom. The van der Waals surface area contributed by atoms with Crippen LogP contribution in [0.4, 0.5) is 4.39 Å². The van der Waals surface area contributed by atoms with Crippen molar-refractivity contribution in [1.29, 1.82) is 0 Å². The number of halogens is 1. The van der Waals surface area contributed by atoms with Crippen LogP contribution < -0.4 is 0 Å². The zero-order chi connectivity index (χ0) is 15.9. The van der Waals surface area contributed by atoms with Gasteiger partial charge in [-0.05, 0) is 30.7 Å². The molecule has 0 aliphatic carbocycles. The molecule has 0 saturated heterocycles. The molecule has 1 heterocycles. The molecule has 0 fully saturated rings. The Kier molecular flexibility index (Phi) is 5.75. The van der Waals surface area contributed by atoms with E-state index < -0.39 is 5.82 Å². The third-order valence-electron chi connectivity index (χ3n) is 3.74. The van der Waals surface area contributed by atoms with E-state index in [2.05, 4.69) is 16.9 Å². The lowest BCUT2D eigenvalue weighted by Crippen LogP contribution is -2.13. The highest BCUT2D eigenvalue weighted by Gasteiger charge is 2.20. The predicted octanol–water partition coefficient (Wildman–Crippen LogP) is 4.68. The molecule has 0 N–H and O–H groups in total. The van der Waals surface area contributed by atoms with Crippen molar-refractivity contribution < 1.29 is 9.18 Å². The molecule has 0 radical (unpaired) electrons. The molecule has 1 atom stereocenters. The number of unbranched alkanes of at least 4 members (excludes halogenated alkanes) is 2. The minimum Gasteiger partial charge on any atom is -0.294 e. The van der Waals surface area contributed by atoms with Crippen molar-refractivity contribution in [3.05, 3.63) is 48.0 Å². The normalized spacial score (nSPS) is 12.1. The summed E-state index contributed by atoms with van der Waals surface area (Å²) in [4.78, 5) is 20.9. The van der Waals surface area contributed by atoms with Crippen molar-refractivity contribution in [3.63, 3.8) is 0 Å². The molecule has 3 nitrogen and oxygen atoms in total. The van der Waals surface area contributed by atoms with E-state index in [0.717, 1.165) is 25.7 Å². The van der Waals surface area contributed by atoms with E-state index in [1.807, 2.05) is 6.92 Å². The monoisotopic (exact) mass is 300 g/mol. The molecule has 0 amide bonds. The van der Waals surface area contributed by atoms with Crippen molar-refractivity contribution in [1.82, 2.24) is 9.97 Å². The fourth-order valence-electron chi connectivity index (χ4n) is 2.45. The Morgan fingerprint density at radius 1 is 1.23 bits per heavy atom. The van der Waals surface area contributed by atoms with E-state index in [1.54, 1.807) is 24.5 Å². The maximum absolute atomic E-state index is 13.6. The van der Waals surface area contributed by atoms with E-state index in [-0.39, 0.29) is 11.7 Å². The quantitative estimate of drug-likeness (QED) is 0.550. The average molecular weight is 300 g/mol. The molecule has 0 spiro atoms. The first kappa shape index (κ1) is 16.3. The van der Waals surface area contributed by atoms with Gasteiger partial charge in [-0.25, -0.2) is 14.4 Å². The third-order valence-corrected chi connectivity index (χ3v) is 3.74. The lowest BCUT2D eigenvalue weighted by atomic mass is 9.91. The van der Waals surface area contributed by atoms with Crippen LogP contribution in [-0.4, -0.2) is 15.8 Å². The first-order valence-corrected chi connectivity index (χ1v) is 7.74. The Bertz CT molecular complexity index is 628. The number of aromatic nitrogens is 2. The molecule has 2 aromatic rings. The van der Waals surface area contributed by atoms with Crippen molar-refractivity contribution in [2.24, 2.45) is 5.92 Å². The summed E-state index contributed by atoms with van der Waals surface area (Å²) in [5.41, 5.74) is 0.963. The van der Waals surface area contributed by atoms with Gasteiger partial charge in [0.05, 0.1) is 0 Å². The number of carbonyl (C=O) groups is 1. The standard InChI is InChI=1S/C18H21FN2O/c1-3-4-5-7-13(2)17(22)15-9-8-14(19)12-16(15)18-20-10-6-11-21-18/h6,8-13H,3-5,7H2,1-2H3. The maximum atomic E-state index is 13.6. The minimum atomic E-state index is -0.391. The number of rotatable bonds is 7. The van der Waals surface area contributed by atoms with E-state index in [9.17, 15) is 9.18 Å². The lowest BCUT2D eigenvalue weighted by molar-refractivity contribution is 0.0923. The SMILES string of the molecule is CCCCCC(C)C(=O)c1ccc(F)cc1-c1ncccn1.